The maximum absolute atomic E-state index is 13.1. The highest BCUT2D eigenvalue weighted by atomic mass is 32.2. The second kappa shape index (κ2) is 7.31. The van der Waals surface area contributed by atoms with Crippen LogP contribution in [0.15, 0.2) is 48.5 Å². The summed E-state index contributed by atoms with van der Waals surface area (Å²) in [5.41, 5.74) is 0.869. The van der Waals surface area contributed by atoms with Gasteiger partial charge in [-0.15, -0.1) is 0 Å². The van der Waals surface area contributed by atoms with Crippen LogP contribution in [0.2, 0.25) is 0 Å². The molecule has 0 spiro atoms. The van der Waals surface area contributed by atoms with Gasteiger partial charge in [-0.1, -0.05) is 6.07 Å². The van der Waals surface area contributed by atoms with E-state index in [2.05, 4.69) is 10.0 Å². The number of rotatable bonds is 6. The zero-order valence-corrected chi connectivity index (χ0v) is 13.9. The molecule has 2 rings (SSSR count). The molecule has 2 N–H and O–H groups in total. The molecule has 0 aliphatic heterocycles. The molecule has 24 heavy (non-hydrogen) atoms. The van der Waals surface area contributed by atoms with E-state index in [1.807, 2.05) is 0 Å². The standard InChI is InChI=1S/C16H17FN2O4S/c1-11(23-15-5-3-4-12(17)10-15)16(20)18-13-6-8-14(9-7-13)19-24(2,21)22/h3-11,19H,1-2H3,(H,18,20). The van der Waals surface area contributed by atoms with Crippen molar-refractivity contribution in [2.45, 2.75) is 13.0 Å². The van der Waals surface area contributed by atoms with E-state index in [4.69, 9.17) is 4.74 Å². The van der Waals surface area contributed by atoms with Gasteiger partial charge in [0.05, 0.1) is 6.26 Å². The molecule has 0 aliphatic carbocycles. The van der Waals surface area contributed by atoms with Crippen molar-refractivity contribution in [2.24, 2.45) is 0 Å². The monoisotopic (exact) mass is 352 g/mol. The maximum Gasteiger partial charge on any atom is 0.265 e. The number of hydrogen-bond donors (Lipinski definition) is 2. The zero-order chi connectivity index (χ0) is 17.7. The highest BCUT2D eigenvalue weighted by molar-refractivity contribution is 7.92. The number of carbonyl (C=O) groups excluding carboxylic acids is 1. The Morgan fingerprint density at radius 3 is 2.33 bits per heavy atom. The van der Waals surface area contributed by atoms with Gasteiger partial charge in [0.1, 0.15) is 11.6 Å². The van der Waals surface area contributed by atoms with E-state index in [0.717, 1.165) is 6.26 Å². The Balaban J connectivity index is 1.96. The van der Waals surface area contributed by atoms with Crippen LogP contribution in [-0.4, -0.2) is 26.7 Å². The summed E-state index contributed by atoms with van der Waals surface area (Å²) in [6.45, 7) is 1.54. The number of benzene rings is 2. The highest BCUT2D eigenvalue weighted by Gasteiger charge is 2.15. The SMILES string of the molecule is CC(Oc1cccc(F)c1)C(=O)Nc1ccc(NS(C)(=O)=O)cc1. The quantitative estimate of drug-likeness (QED) is 0.837. The second-order valence-electron chi connectivity index (χ2n) is 5.16. The molecule has 8 heteroatoms. The van der Waals surface area contributed by atoms with Crippen LogP contribution in [0, 0.1) is 5.82 Å². The zero-order valence-electron chi connectivity index (χ0n) is 13.1. The lowest BCUT2D eigenvalue weighted by atomic mass is 10.2. The highest BCUT2D eigenvalue weighted by Crippen LogP contribution is 2.17. The molecular formula is C16H17FN2O4S. The van der Waals surface area contributed by atoms with Gasteiger partial charge in [0.15, 0.2) is 6.10 Å². The summed E-state index contributed by atoms with van der Waals surface area (Å²) in [7, 11) is -3.35. The Morgan fingerprint density at radius 2 is 1.75 bits per heavy atom. The first-order chi connectivity index (χ1) is 11.2. The number of ether oxygens (including phenoxy) is 1. The molecule has 2 aromatic rings. The molecule has 6 nitrogen and oxygen atoms in total. The Hall–Kier alpha value is -2.61. The van der Waals surface area contributed by atoms with Gasteiger partial charge in [-0.2, -0.15) is 0 Å². The minimum atomic E-state index is -3.35. The predicted octanol–water partition coefficient (Wildman–Crippen LogP) is 2.60. The largest absolute Gasteiger partial charge is 0.481 e. The van der Waals surface area contributed by atoms with E-state index in [0.29, 0.717) is 11.4 Å². The third kappa shape index (κ3) is 5.54. The fraction of sp³-hybridized carbons (Fsp3) is 0.188. The van der Waals surface area contributed by atoms with Crippen molar-refractivity contribution in [1.82, 2.24) is 0 Å². The van der Waals surface area contributed by atoms with Crippen molar-refractivity contribution in [2.75, 3.05) is 16.3 Å². The Kier molecular flexibility index (Phi) is 5.40. The fourth-order valence-corrected chi connectivity index (χ4v) is 2.44. The van der Waals surface area contributed by atoms with Gasteiger partial charge in [-0.25, -0.2) is 12.8 Å². The summed E-state index contributed by atoms with van der Waals surface area (Å²) in [4.78, 5) is 12.1. The fourth-order valence-electron chi connectivity index (χ4n) is 1.88. The van der Waals surface area contributed by atoms with E-state index >= 15 is 0 Å². The van der Waals surface area contributed by atoms with Gasteiger partial charge >= 0.3 is 0 Å². The first kappa shape index (κ1) is 17.7. The molecule has 1 atom stereocenters. The number of carbonyl (C=O) groups is 1. The van der Waals surface area contributed by atoms with Gasteiger partial charge in [-0.3, -0.25) is 9.52 Å². The van der Waals surface area contributed by atoms with Crippen molar-refractivity contribution >= 4 is 27.3 Å². The summed E-state index contributed by atoms with van der Waals surface area (Å²) in [5, 5.41) is 2.63. The smallest absolute Gasteiger partial charge is 0.265 e. The van der Waals surface area contributed by atoms with Crippen molar-refractivity contribution in [3.8, 4) is 5.75 Å². The van der Waals surface area contributed by atoms with Gasteiger partial charge in [-0.05, 0) is 43.3 Å². The Morgan fingerprint density at radius 1 is 1.12 bits per heavy atom. The normalized spacial score (nSPS) is 12.3. The summed E-state index contributed by atoms with van der Waals surface area (Å²) < 4.78 is 43.0. The van der Waals surface area contributed by atoms with E-state index in [1.54, 1.807) is 25.1 Å². The van der Waals surface area contributed by atoms with E-state index in [-0.39, 0.29) is 5.75 Å². The third-order valence-electron chi connectivity index (χ3n) is 2.93. The summed E-state index contributed by atoms with van der Waals surface area (Å²) in [6, 6.07) is 11.7. The summed E-state index contributed by atoms with van der Waals surface area (Å²) in [6.07, 6.45) is 0.217. The van der Waals surface area contributed by atoms with Crippen LogP contribution in [-0.2, 0) is 14.8 Å². The molecular weight excluding hydrogens is 335 g/mol. The van der Waals surface area contributed by atoms with Gasteiger partial charge in [0, 0.05) is 17.4 Å². The molecule has 2 aromatic carbocycles. The van der Waals surface area contributed by atoms with E-state index < -0.39 is 27.9 Å². The lowest BCUT2D eigenvalue weighted by Gasteiger charge is -2.15. The number of nitrogens with one attached hydrogen (secondary N) is 2. The molecule has 0 aliphatic rings. The van der Waals surface area contributed by atoms with Crippen LogP contribution in [0.3, 0.4) is 0 Å². The molecule has 128 valence electrons. The minimum absolute atomic E-state index is 0.255. The molecule has 0 bridgehead atoms. The van der Waals surface area contributed by atoms with Gasteiger partial charge < -0.3 is 10.1 Å². The van der Waals surface area contributed by atoms with Gasteiger partial charge in [0.25, 0.3) is 5.91 Å². The van der Waals surface area contributed by atoms with Crippen LogP contribution < -0.4 is 14.8 Å². The van der Waals surface area contributed by atoms with E-state index in [9.17, 15) is 17.6 Å². The molecule has 0 saturated carbocycles. The Bertz CT molecular complexity index is 822. The number of halogens is 1. The average Bonchev–Trinajstić information content (AvgIpc) is 2.47. The average molecular weight is 352 g/mol. The first-order valence-electron chi connectivity index (χ1n) is 7.04. The predicted molar refractivity (Wildman–Crippen MR) is 90.0 cm³/mol. The molecule has 0 radical (unpaired) electrons. The van der Waals surface area contributed by atoms with Crippen molar-refractivity contribution in [3.05, 3.63) is 54.3 Å². The van der Waals surface area contributed by atoms with Crippen LogP contribution in [0.1, 0.15) is 6.92 Å². The van der Waals surface area contributed by atoms with E-state index in [1.165, 1.54) is 30.3 Å². The van der Waals surface area contributed by atoms with Gasteiger partial charge in [0.2, 0.25) is 10.0 Å². The van der Waals surface area contributed by atoms with Crippen LogP contribution in [0.5, 0.6) is 5.75 Å². The lowest BCUT2D eigenvalue weighted by Crippen LogP contribution is -2.30. The minimum Gasteiger partial charge on any atom is -0.481 e. The number of anilines is 2. The van der Waals surface area contributed by atoms with Crippen LogP contribution in [0.4, 0.5) is 15.8 Å². The summed E-state index contributed by atoms with van der Waals surface area (Å²) in [5.74, 6) is -0.609. The third-order valence-corrected chi connectivity index (χ3v) is 3.54. The van der Waals surface area contributed by atoms with Crippen molar-refractivity contribution in [1.29, 1.82) is 0 Å². The van der Waals surface area contributed by atoms with Crippen LogP contribution >= 0.6 is 0 Å². The number of amides is 1. The molecule has 0 aromatic heterocycles. The topological polar surface area (TPSA) is 84.5 Å². The molecule has 0 saturated heterocycles. The summed E-state index contributed by atoms with van der Waals surface area (Å²) >= 11 is 0. The lowest BCUT2D eigenvalue weighted by molar-refractivity contribution is -0.122. The molecule has 1 unspecified atom stereocenters. The Labute approximate surface area is 139 Å². The van der Waals surface area contributed by atoms with Crippen molar-refractivity contribution in [3.63, 3.8) is 0 Å². The maximum atomic E-state index is 13.1. The van der Waals surface area contributed by atoms with Crippen molar-refractivity contribution < 1.29 is 22.3 Å². The molecule has 0 heterocycles. The first-order valence-corrected chi connectivity index (χ1v) is 8.93. The second-order valence-corrected chi connectivity index (χ2v) is 6.91. The molecule has 1 amide bonds. The number of sulfonamides is 1. The number of hydrogen-bond acceptors (Lipinski definition) is 4. The molecule has 0 fully saturated rings. The van der Waals surface area contributed by atoms with Crippen LogP contribution in [0.25, 0.3) is 0 Å².